The Kier molecular flexibility index (Phi) is 6.06. The van der Waals surface area contributed by atoms with Crippen LogP contribution in [0, 0.1) is 6.92 Å². The first-order valence-corrected chi connectivity index (χ1v) is 11.6. The Morgan fingerprint density at radius 1 is 0.971 bits per heavy atom. The van der Waals surface area contributed by atoms with Crippen LogP contribution < -0.4 is 15.0 Å². The van der Waals surface area contributed by atoms with Gasteiger partial charge in [-0.05, 0) is 50.6 Å². The highest BCUT2D eigenvalue weighted by Gasteiger charge is 2.36. The normalized spacial score (nSPS) is 15.8. The van der Waals surface area contributed by atoms with E-state index in [0.717, 1.165) is 28.0 Å². The quantitative estimate of drug-likeness (QED) is 0.369. The number of aryl methyl sites for hydroxylation is 1. The third-order valence-electron chi connectivity index (χ3n) is 5.99. The molecular formula is C28H26N4O3. The number of hydrogen-bond acceptors (Lipinski definition) is 5. The lowest BCUT2D eigenvalue weighted by Gasteiger charge is -2.35. The number of anilines is 1. The van der Waals surface area contributed by atoms with Crippen LogP contribution in [-0.2, 0) is 0 Å². The average molecular weight is 467 g/mol. The summed E-state index contributed by atoms with van der Waals surface area (Å²) in [6.45, 7) is 6.44. The van der Waals surface area contributed by atoms with Crippen LogP contribution in [0.15, 0.2) is 89.1 Å². The zero-order chi connectivity index (χ0) is 24.4. The van der Waals surface area contributed by atoms with Gasteiger partial charge in [0, 0.05) is 11.3 Å². The highest BCUT2D eigenvalue weighted by molar-refractivity contribution is 6.01. The summed E-state index contributed by atoms with van der Waals surface area (Å²) < 4.78 is 11.3. The van der Waals surface area contributed by atoms with Crippen molar-refractivity contribution in [3.05, 3.63) is 102 Å². The number of carbonyl (C=O) groups excluding carboxylic acids is 1. The molecule has 1 aliphatic heterocycles. The molecule has 0 saturated heterocycles. The molecule has 1 N–H and O–H groups in total. The van der Waals surface area contributed by atoms with Crippen molar-refractivity contribution in [1.29, 1.82) is 0 Å². The van der Waals surface area contributed by atoms with E-state index < -0.39 is 6.04 Å². The van der Waals surface area contributed by atoms with Crippen molar-refractivity contribution in [2.45, 2.75) is 26.8 Å². The van der Waals surface area contributed by atoms with Crippen molar-refractivity contribution in [1.82, 2.24) is 15.5 Å². The predicted octanol–water partition coefficient (Wildman–Crippen LogP) is 6.15. The number of aromatic nitrogens is 2. The summed E-state index contributed by atoms with van der Waals surface area (Å²) in [6, 6.07) is 24.5. The standard InChI is InChI=1S/C28H26N4O3/c1-4-34-23-16-14-22(15-17-23)32-19(3)24(25(29-28(32)33)20-12-10-18(2)11-13-20)27-30-26(31-35-27)21-8-6-5-7-9-21/h5-17,25H,4H2,1-3H3,(H,29,33). The molecule has 1 atom stereocenters. The van der Waals surface area contributed by atoms with Gasteiger partial charge in [-0.1, -0.05) is 65.3 Å². The van der Waals surface area contributed by atoms with Crippen molar-refractivity contribution < 1.29 is 14.1 Å². The van der Waals surface area contributed by atoms with Gasteiger partial charge in [-0.25, -0.2) is 4.79 Å². The molecule has 0 saturated carbocycles. The van der Waals surface area contributed by atoms with Crippen LogP contribution in [0.25, 0.3) is 17.0 Å². The molecule has 2 heterocycles. The third-order valence-corrected chi connectivity index (χ3v) is 5.99. The van der Waals surface area contributed by atoms with E-state index in [9.17, 15) is 4.79 Å². The van der Waals surface area contributed by atoms with Gasteiger partial charge in [0.15, 0.2) is 0 Å². The molecule has 35 heavy (non-hydrogen) atoms. The summed E-state index contributed by atoms with van der Waals surface area (Å²) in [6.07, 6.45) is 0. The highest BCUT2D eigenvalue weighted by atomic mass is 16.5. The summed E-state index contributed by atoms with van der Waals surface area (Å²) in [4.78, 5) is 19.7. The van der Waals surface area contributed by atoms with Crippen LogP contribution in [0.5, 0.6) is 5.75 Å². The van der Waals surface area contributed by atoms with Crippen LogP contribution in [0.3, 0.4) is 0 Å². The second-order valence-corrected chi connectivity index (χ2v) is 8.34. The maximum atomic E-state index is 13.4. The monoisotopic (exact) mass is 466 g/mol. The molecule has 5 rings (SSSR count). The average Bonchev–Trinajstić information content (AvgIpc) is 3.36. The molecule has 0 spiro atoms. The zero-order valence-corrected chi connectivity index (χ0v) is 19.9. The summed E-state index contributed by atoms with van der Waals surface area (Å²) in [5, 5.41) is 7.36. The van der Waals surface area contributed by atoms with E-state index in [-0.39, 0.29) is 6.03 Å². The second-order valence-electron chi connectivity index (χ2n) is 8.34. The van der Waals surface area contributed by atoms with Crippen LogP contribution in [0.2, 0.25) is 0 Å². The summed E-state index contributed by atoms with van der Waals surface area (Å²) in [5.74, 6) is 1.60. The van der Waals surface area contributed by atoms with E-state index in [0.29, 0.717) is 29.7 Å². The fraction of sp³-hybridized carbons (Fsp3) is 0.179. The van der Waals surface area contributed by atoms with Gasteiger partial charge in [0.1, 0.15) is 5.75 Å². The second kappa shape index (κ2) is 9.46. The van der Waals surface area contributed by atoms with Gasteiger partial charge in [0.2, 0.25) is 5.82 Å². The van der Waals surface area contributed by atoms with Crippen LogP contribution in [0.4, 0.5) is 10.5 Å². The Bertz CT molecular complexity index is 1360. The van der Waals surface area contributed by atoms with E-state index in [1.54, 1.807) is 4.90 Å². The van der Waals surface area contributed by atoms with Crippen LogP contribution in [-0.4, -0.2) is 22.8 Å². The Labute approximate surface area is 204 Å². The molecule has 7 heteroatoms. The largest absolute Gasteiger partial charge is 0.494 e. The van der Waals surface area contributed by atoms with Gasteiger partial charge in [0.25, 0.3) is 5.89 Å². The molecule has 0 bridgehead atoms. The van der Waals surface area contributed by atoms with Gasteiger partial charge in [0.05, 0.1) is 23.9 Å². The summed E-state index contributed by atoms with van der Waals surface area (Å²) >= 11 is 0. The fourth-order valence-electron chi connectivity index (χ4n) is 4.24. The van der Waals surface area contributed by atoms with Crippen molar-refractivity contribution in [3.63, 3.8) is 0 Å². The third kappa shape index (κ3) is 4.40. The first-order chi connectivity index (χ1) is 17.0. The van der Waals surface area contributed by atoms with Crippen molar-refractivity contribution in [2.24, 2.45) is 0 Å². The molecule has 1 unspecified atom stereocenters. The Morgan fingerprint density at radius 3 is 2.37 bits per heavy atom. The van der Waals surface area contributed by atoms with E-state index in [1.165, 1.54) is 0 Å². The number of allylic oxidation sites excluding steroid dienone is 1. The molecule has 1 aliphatic rings. The minimum absolute atomic E-state index is 0.233. The van der Waals surface area contributed by atoms with Crippen molar-refractivity contribution in [2.75, 3.05) is 11.5 Å². The highest BCUT2D eigenvalue weighted by Crippen LogP contribution is 2.39. The van der Waals surface area contributed by atoms with E-state index >= 15 is 0 Å². The van der Waals surface area contributed by atoms with Gasteiger partial charge < -0.3 is 14.6 Å². The molecule has 3 aromatic carbocycles. The molecule has 0 radical (unpaired) electrons. The molecule has 7 nitrogen and oxygen atoms in total. The van der Waals surface area contributed by atoms with E-state index in [4.69, 9.17) is 14.2 Å². The van der Waals surface area contributed by atoms with Gasteiger partial charge in [-0.2, -0.15) is 4.98 Å². The lowest BCUT2D eigenvalue weighted by molar-refractivity contribution is 0.244. The number of carbonyl (C=O) groups is 1. The Hall–Kier alpha value is -4.39. The zero-order valence-electron chi connectivity index (χ0n) is 19.9. The molecule has 0 aliphatic carbocycles. The van der Waals surface area contributed by atoms with Gasteiger partial charge in [-0.3, -0.25) is 4.90 Å². The first-order valence-electron chi connectivity index (χ1n) is 11.6. The van der Waals surface area contributed by atoms with E-state index in [1.807, 2.05) is 99.6 Å². The van der Waals surface area contributed by atoms with E-state index in [2.05, 4.69) is 10.5 Å². The number of ether oxygens (including phenoxy) is 1. The first kappa shape index (κ1) is 22.4. The van der Waals surface area contributed by atoms with Crippen LogP contribution >= 0.6 is 0 Å². The smallest absolute Gasteiger partial charge is 0.326 e. The maximum Gasteiger partial charge on any atom is 0.326 e. The lowest BCUT2D eigenvalue weighted by Crippen LogP contribution is -2.46. The number of benzene rings is 3. The molecule has 4 aromatic rings. The Balaban J connectivity index is 1.62. The minimum atomic E-state index is -0.439. The molecule has 176 valence electrons. The number of rotatable bonds is 6. The predicted molar refractivity (Wildman–Crippen MR) is 135 cm³/mol. The molecule has 0 fully saturated rings. The molecule has 1 aromatic heterocycles. The maximum absolute atomic E-state index is 13.4. The van der Waals surface area contributed by atoms with Gasteiger partial charge >= 0.3 is 6.03 Å². The topological polar surface area (TPSA) is 80.5 Å². The van der Waals surface area contributed by atoms with Crippen LogP contribution in [0.1, 0.15) is 36.9 Å². The van der Waals surface area contributed by atoms with Gasteiger partial charge in [-0.15, -0.1) is 0 Å². The minimum Gasteiger partial charge on any atom is -0.494 e. The molecular weight excluding hydrogens is 440 g/mol. The SMILES string of the molecule is CCOc1ccc(N2C(=O)NC(c3ccc(C)cc3)C(c3nc(-c4ccccc4)no3)=C2C)cc1. The van der Waals surface area contributed by atoms with Crippen molar-refractivity contribution >= 4 is 17.3 Å². The number of amides is 2. The lowest BCUT2D eigenvalue weighted by atomic mass is 9.94. The number of nitrogens with one attached hydrogen (secondary N) is 1. The number of nitrogens with zero attached hydrogens (tertiary/aromatic N) is 3. The van der Waals surface area contributed by atoms with Crippen molar-refractivity contribution in [3.8, 4) is 17.1 Å². The summed E-state index contributed by atoms with van der Waals surface area (Å²) in [5.41, 5.74) is 5.10. The number of urea groups is 1. The number of hydrogen-bond donors (Lipinski definition) is 1. The Morgan fingerprint density at radius 2 is 1.69 bits per heavy atom. The summed E-state index contributed by atoms with van der Waals surface area (Å²) in [7, 11) is 0. The molecule has 2 amide bonds. The fourth-order valence-corrected chi connectivity index (χ4v) is 4.24.